The maximum absolute atomic E-state index is 11.1. The normalized spacial score (nSPS) is 21.6. The van der Waals surface area contributed by atoms with Gasteiger partial charge in [-0.15, -0.1) is 0 Å². The number of allylic oxidation sites excluding steroid dienone is 2. The molecule has 2 aromatic carbocycles. The lowest BCUT2D eigenvalue weighted by molar-refractivity contribution is -0.128. The van der Waals surface area contributed by atoms with Gasteiger partial charge in [-0.3, -0.25) is 4.79 Å². The predicted octanol–water partition coefficient (Wildman–Crippen LogP) is 5.22. The molecular weight excluding hydrogens is 522 g/mol. The van der Waals surface area contributed by atoms with Gasteiger partial charge in [0.25, 0.3) is 6.47 Å². The molecule has 3 heterocycles. The maximum Gasteiger partial charge on any atom is 0.293 e. The number of hydrogen-bond donors (Lipinski definition) is 0. The van der Waals surface area contributed by atoms with Crippen molar-refractivity contribution in [1.29, 1.82) is 0 Å². The average Bonchev–Trinajstić information content (AvgIpc) is 2.88. The molecular formula is C35H48N3O2Si+. The molecule has 218 valence electrons. The molecule has 0 fully saturated rings. The minimum atomic E-state index is -2.37. The number of benzene rings is 2. The summed E-state index contributed by atoms with van der Waals surface area (Å²) in [6, 6.07) is 10.8. The van der Waals surface area contributed by atoms with Crippen molar-refractivity contribution < 1.29 is 9.53 Å². The molecule has 5 rings (SSSR count). The number of ether oxygens (including phenoxy) is 1. The summed E-state index contributed by atoms with van der Waals surface area (Å²) in [5.41, 5.74) is 8.00. The van der Waals surface area contributed by atoms with E-state index in [-0.39, 0.29) is 11.1 Å². The fourth-order valence-corrected chi connectivity index (χ4v) is 13.5. The molecule has 41 heavy (non-hydrogen) atoms. The van der Waals surface area contributed by atoms with Gasteiger partial charge in [-0.1, -0.05) is 19.9 Å². The van der Waals surface area contributed by atoms with Crippen LogP contribution in [0, 0.1) is 0 Å². The van der Waals surface area contributed by atoms with Gasteiger partial charge in [0.1, 0.15) is 14.6 Å². The second kappa shape index (κ2) is 10.4. The van der Waals surface area contributed by atoms with Crippen molar-refractivity contribution in [3.05, 3.63) is 58.3 Å². The van der Waals surface area contributed by atoms with Gasteiger partial charge in [0, 0.05) is 37.7 Å². The van der Waals surface area contributed by atoms with Crippen LogP contribution in [0.2, 0.25) is 11.6 Å². The van der Waals surface area contributed by atoms with Crippen LogP contribution in [0.5, 0.6) is 0 Å². The Labute approximate surface area is 247 Å². The lowest BCUT2D eigenvalue weighted by Gasteiger charge is -2.45. The van der Waals surface area contributed by atoms with Crippen molar-refractivity contribution in [2.75, 3.05) is 24.6 Å². The molecule has 0 radical (unpaired) electrons. The van der Waals surface area contributed by atoms with E-state index in [0.29, 0.717) is 18.6 Å². The Kier molecular flexibility index (Phi) is 7.46. The second-order valence-corrected chi connectivity index (χ2v) is 18.2. The molecule has 0 N–H and O–H groups in total. The van der Waals surface area contributed by atoms with Crippen molar-refractivity contribution in [2.24, 2.45) is 4.99 Å². The topological polar surface area (TPSA) is 44.9 Å². The van der Waals surface area contributed by atoms with Gasteiger partial charge in [0.05, 0.1) is 28.8 Å². The number of fused-ring (bicyclic) bond motifs is 4. The molecule has 3 aliphatic heterocycles. The van der Waals surface area contributed by atoms with Crippen molar-refractivity contribution in [3.63, 3.8) is 0 Å². The smallest absolute Gasteiger partial charge is 0.293 e. The molecule has 0 aliphatic carbocycles. The van der Waals surface area contributed by atoms with Crippen molar-refractivity contribution in [2.45, 2.75) is 98.3 Å². The molecule has 5 nitrogen and oxygen atoms in total. The summed E-state index contributed by atoms with van der Waals surface area (Å²) in [7, 11) is -2.37. The number of rotatable bonds is 8. The van der Waals surface area contributed by atoms with Gasteiger partial charge >= 0.3 is 0 Å². The number of anilines is 1. The lowest BCUT2D eigenvalue weighted by Crippen LogP contribution is -2.68. The summed E-state index contributed by atoms with van der Waals surface area (Å²) in [5, 5.41) is 5.31. The summed E-state index contributed by atoms with van der Waals surface area (Å²) in [6.45, 7) is 26.0. The monoisotopic (exact) mass is 570 g/mol. The largest absolute Gasteiger partial charge is 0.468 e. The molecule has 0 bridgehead atoms. The first-order valence-electron chi connectivity index (χ1n) is 15.4. The average molecular weight is 571 g/mol. The second-order valence-electron chi connectivity index (χ2n) is 13.5. The highest BCUT2D eigenvalue weighted by Gasteiger charge is 2.47. The third-order valence-electron chi connectivity index (χ3n) is 9.91. The SMILES string of the molecule is CCN1c2cc3c(cc2C(C)=CC1(C)C)N=c1cc2c(cc1[Si]3(CCCOC=O)C(C)C)=[N+](CC)C(C)(C)C=C2C. The van der Waals surface area contributed by atoms with Crippen molar-refractivity contribution in [1.82, 2.24) is 4.58 Å². The Morgan fingerprint density at radius 3 is 2.34 bits per heavy atom. The van der Waals surface area contributed by atoms with Crippen LogP contribution in [-0.4, -0.2) is 45.3 Å². The summed E-state index contributed by atoms with van der Waals surface area (Å²) < 4.78 is 7.79. The van der Waals surface area contributed by atoms with Crippen molar-refractivity contribution in [3.8, 4) is 0 Å². The van der Waals surface area contributed by atoms with Crippen LogP contribution in [0.25, 0.3) is 11.1 Å². The van der Waals surface area contributed by atoms with Gasteiger partial charge in [0.15, 0.2) is 5.54 Å². The van der Waals surface area contributed by atoms with E-state index in [1.54, 1.807) is 0 Å². The molecule has 6 heteroatoms. The van der Waals surface area contributed by atoms with Gasteiger partial charge in [-0.25, -0.2) is 9.57 Å². The Hall–Kier alpha value is -2.99. The molecule has 3 aliphatic rings. The van der Waals surface area contributed by atoms with Crippen LogP contribution in [0.4, 0.5) is 11.4 Å². The van der Waals surface area contributed by atoms with Gasteiger partial charge in [-0.2, -0.15) is 0 Å². The van der Waals surface area contributed by atoms with Gasteiger partial charge in [0.2, 0.25) is 5.36 Å². The fourth-order valence-electron chi connectivity index (χ4n) is 8.22. The quantitative estimate of drug-likeness (QED) is 0.189. The highest BCUT2D eigenvalue weighted by atomic mass is 28.3. The van der Waals surface area contributed by atoms with Gasteiger partial charge in [-0.05, 0) is 105 Å². The van der Waals surface area contributed by atoms with E-state index in [4.69, 9.17) is 9.73 Å². The lowest BCUT2D eigenvalue weighted by atomic mass is 9.88. The van der Waals surface area contributed by atoms with E-state index in [1.807, 2.05) is 0 Å². The number of nitrogens with zero attached hydrogens (tertiary/aromatic N) is 3. The van der Waals surface area contributed by atoms with E-state index >= 15 is 0 Å². The zero-order valence-electron chi connectivity index (χ0n) is 26.8. The molecule has 0 aromatic heterocycles. The highest BCUT2D eigenvalue weighted by molar-refractivity contribution is 7.04. The third kappa shape index (κ3) is 4.53. The molecule has 1 unspecified atom stereocenters. The van der Waals surface area contributed by atoms with E-state index < -0.39 is 8.07 Å². The molecule has 0 amide bonds. The van der Waals surface area contributed by atoms with Crippen LogP contribution in [0.3, 0.4) is 0 Å². The zero-order valence-corrected chi connectivity index (χ0v) is 27.8. The summed E-state index contributed by atoms with van der Waals surface area (Å²) in [6.07, 6.45) is 5.65. The Balaban J connectivity index is 1.89. The fraction of sp³-hybridized carbons (Fsp3) is 0.514. The van der Waals surface area contributed by atoms with Crippen LogP contribution >= 0.6 is 0 Å². The third-order valence-corrected chi connectivity index (χ3v) is 15.7. The Morgan fingerprint density at radius 1 is 1.00 bits per heavy atom. The van der Waals surface area contributed by atoms with E-state index in [9.17, 15) is 4.79 Å². The molecule has 1 atom stereocenters. The zero-order chi connectivity index (χ0) is 29.9. The molecule has 0 saturated carbocycles. The number of carbonyl (C=O) groups excluding carboxylic acids is 1. The molecule has 2 aromatic rings. The van der Waals surface area contributed by atoms with Crippen LogP contribution in [0.15, 0.2) is 41.4 Å². The minimum absolute atomic E-state index is 0.0558. The summed E-state index contributed by atoms with van der Waals surface area (Å²) in [5.74, 6) is 0. The Morgan fingerprint density at radius 2 is 1.71 bits per heavy atom. The van der Waals surface area contributed by atoms with Crippen LogP contribution < -0.4 is 30.6 Å². The number of hydrogen-bond acceptors (Lipinski definition) is 4. The van der Waals surface area contributed by atoms with Crippen molar-refractivity contribution >= 4 is 47.4 Å². The molecule has 0 spiro atoms. The first-order chi connectivity index (χ1) is 19.3. The minimum Gasteiger partial charge on any atom is -0.468 e. The number of carbonyl (C=O) groups is 1. The van der Waals surface area contributed by atoms with Gasteiger partial charge < -0.3 is 9.64 Å². The molecule has 0 saturated heterocycles. The summed E-state index contributed by atoms with van der Waals surface area (Å²) in [4.78, 5) is 19.1. The van der Waals surface area contributed by atoms with Crippen LogP contribution in [-0.2, 0) is 9.53 Å². The first-order valence-corrected chi connectivity index (χ1v) is 17.7. The van der Waals surface area contributed by atoms with Crippen LogP contribution in [0.1, 0.15) is 86.8 Å². The first kappa shape index (κ1) is 29.5. The van der Waals surface area contributed by atoms with E-state index in [1.165, 1.54) is 43.7 Å². The maximum atomic E-state index is 11.1. The number of likely N-dealkylation sites (N-methyl/N-ethyl adjacent to an activating group) is 2. The predicted molar refractivity (Wildman–Crippen MR) is 175 cm³/mol. The van der Waals surface area contributed by atoms with E-state index in [0.717, 1.165) is 36.6 Å². The van der Waals surface area contributed by atoms with E-state index in [2.05, 4.69) is 115 Å². The summed E-state index contributed by atoms with van der Waals surface area (Å²) >= 11 is 0. The standard InChI is InChI=1S/C35H48N3O2Si/c1-11-37-30-18-32-28(16-26(30)24(5)20-34(37,7)8)36-29-17-27-25(6)21-35(9,10)38(12-2)31(27)19-33(29)41(32,23(3)4)15-13-14-40-22-39/h16-23H,11-15H2,1-10H3/q+1. The Bertz CT molecular complexity index is 1600. The highest BCUT2D eigenvalue weighted by Crippen LogP contribution is 2.42.